The number of methoxy groups -OCH3 is 1. The number of hydrogen-bond acceptors (Lipinski definition) is 6. The van der Waals surface area contributed by atoms with Gasteiger partial charge in [0.2, 0.25) is 11.8 Å². The number of nitrogens with one attached hydrogen (secondary N) is 3. The molecule has 9 heteroatoms. The quantitative estimate of drug-likeness (QED) is 0.237. The number of hydrogen-bond donors (Lipinski definition) is 4. The fourth-order valence-corrected chi connectivity index (χ4v) is 3.75. The Kier molecular flexibility index (Phi) is 8.61. The van der Waals surface area contributed by atoms with Crippen molar-refractivity contribution >= 4 is 23.6 Å². The van der Waals surface area contributed by atoms with Gasteiger partial charge in [0, 0.05) is 24.4 Å². The number of rotatable bonds is 10. The number of carbonyl (C=O) groups is 3. The lowest BCUT2D eigenvalue weighted by Gasteiger charge is -2.29. The Morgan fingerprint density at radius 3 is 2.41 bits per heavy atom. The molecule has 5 N–H and O–H groups in total. The SMILES string of the molecule is COc1ccc(CCC(=O)N[C@@H]2CC(=O)O[C@H](CNC(=O)Cc3ccc(C(=N)N)cc3)C2)cc1. The monoisotopic (exact) mass is 466 g/mol. The summed E-state index contributed by atoms with van der Waals surface area (Å²) < 4.78 is 10.5. The molecule has 0 aromatic heterocycles. The van der Waals surface area contributed by atoms with Crippen molar-refractivity contribution in [1.82, 2.24) is 10.6 Å². The summed E-state index contributed by atoms with van der Waals surface area (Å²) in [7, 11) is 1.60. The fraction of sp³-hybridized carbons (Fsp3) is 0.360. The third-order valence-corrected chi connectivity index (χ3v) is 5.58. The zero-order valence-electron chi connectivity index (χ0n) is 19.1. The smallest absolute Gasteiger partial charge is 0.308 e. The van der Waals surface area contributed by atoms with Crippen LogP contribution in [0, 0.1) is 5.41 Å². The molecule has 0 saturated carbocycles. The summed E-state index contributed by atoms with van der Waals surface area (Å²) in [5.74, 6) is -0.00852. The molecule has 0 bridgehead atoms. The van der Waals surface area contributed by atoms with Crippen LogP contribution in [0.4, 0.5) is 0 Å². The van der Waals surface area contributed by atoms with E-state index in [4.69, 9.17) is 20.6 Å². The molecule has 2 aromatic rings. The van der Waals surface area contributed by atoms with E-state index in [9.17, 15) is 14.4 Å². The second-order valence-electron chi connectivity index (χ2n) is 8.26. The number of nitrogens with two attached hydrogens (primary N) is 1. The van der Waals surface area contributed by atoms with Gasteiger partial charge in [-0.2, -0.15) is 0 Å². The van der Waals surface area contributed by atoms with E-state index >= 15 is 0 Å². The Bertz CT molecular complexity index is 1020. The molecule has 9 nitrogen and oxygen atoms in total. The number of amides is 2. The van der Waals surface area contributed by atoms with Crippen LogP contribution in [0.15, 0.2) is 48.5 Å². The van der Waals surface area contributed by atoms with Crippen molar-refractivity contribution < 1.29 is 23.9 Å². The summed E-state index contributed by atoms with van der Waals surface area (Å²) in [5, 5.41) is 13.1. The van der Waals surface area contributed by atoms with Gasteiger partial charge in [-0.25, -0.2) is 0 Å². The van der Waals surface area contributed by atoms with Crippen LogP contribution in [0.5, 0.6) is 5.75 Å². The predicted octanol–water partition coefficient (Wildman–Crippen LogP) is 1.46. The largest absolute Gasteiger partial charge is 0.497 e. The van der Waals surface area contributed by atoms with Crippen molar-refractivity contribution in [2.75, 3.05) is 13.7 Å². The molecule has 0 spiro atoms. The number of esters is 1. The van der Waals surface area contributed by atoms with Gasteiger partial charge in [0.25, 0.3) is 0 Å². The summed E-state index contributed by atoms with van der Waals surface area (Å²) >= 11 is 0. The minimum Gasteiger partial charge on any atom is -0.497 e. The first-order valence-electron chi connectivity index (χ1n) is 11.1. The Balaban J connectivity index is 1.41. The molecule has 1 aliphatic heterocycles. The summed E-state index contributed by atoms with van der Waals surface area (Å²) in [6.45, 7) is 0.175. The van der Waals surface area contributed by atoms with Gasteiger partial charge in [0.05, 0.1) is 26.5 Å². The number of aryl methyl sites for hydroxylation is 1. The Hall–Kier alpha value is -3.88. The molecule has 3 rings (SSSR count). The van der Waals surface area contributed by atoms with E-state index in [1.165, 1.54) is 0 Å². The molecule has 1 aliphatic rings. The highest BCUT2D eigenvalue weighted by Gasteiger charge is 2.29. The highest BCUT2D eigenvalue weighted by atomic mass is 16.5. The van der Waals surface area contributed by atoms with Crippen LogP contribution < -0.4 is 21.1 Å². The Morgan fingerprint density at radius 1 is 1.09 bits per heavy atom. The molecule has 1 fully saturated rings. The van der Waals surface area contributed by atoms with Crippen LogP contribution in [0.2, 0.25) is 0 Å². The van der Waals surface area contributed by atoms with E-state index in [-0.39, 0.29) is 43.1 Å². The average Bonchev–Trinajstić information content (AvgIpc) is 2.82. The third kappa shape index (κ3) is 7.61. The van der Waals surface area contributed by atoms with Gasteiger partial charge in [0.15, 0.2) is 0 Å². The maximum absolute atomic E-state index is 12.4. The summed E-state index contributed by atoms with van der Waals surface area (Å²) in [4.78, 5) is 36.7. The number of benzene rings is 2. The molecule has 0 aliphatic carbocycles. The fourth-order valence-electron chi connectivity index (χ4n) is 3.75. The van der Waals surface area contributed by atoms with Gasteiger partial charge >= 0.3 is 5.97 Å². The van der Waals surface area contributed by atoms with Crippen LogP contribution in [0.3, 0.4) is 0 Å². The lowest BCUT2D eigenvalue weighted by molar-refractivity contribution is -0.155. The van der Waals surface area contributed by atoms with Gasteiger partial charge in [-0.05, 0) is 29.7 Å². The first-order chi connectivity index (χ1) is 16.3. The van der Waals surface area contributed by atoms with Crippen LogP contribution in [0.1, 0.15) is 36.0 Å². The molecule has 2 atom stereocenters. The maximum atomic E-state index is 12.4. The van der Waals surface area contributed by atoms with E-state index in [0.29, 0.717) is 24.8 Å². The number of cyclic esters (lactones) is 1. The van der Waals surface area contributed by atoms with Crippen LogP contribution in [-0.2, 0) is 32.0 Å². The second-order valence-corrected chi connectivity index (χ2v) is 8.26. The summed E-state index contributed by atoms with van der Waals surface area (Å²) in [6.07, 6.45) is 1.10. The molecule has 180 valence electrons. The van der Waals surface area contributed by atoms with Crippen molar-refractivity contribution in [3.05, 3.63) is 65.2 Å². The van der Waals surface area contributed by atoms with E-state index < -0.39 is 12.1 Å². The van der Waals surface area contributed by atoms with E-state index in [0.717, 1.165) is 16.9 Å². The zero-order chi connectivity index (χ0) is 24.5. The zero-order valence-corrected chi connectivity index (χ0v) is 19.1. The highest BCUT2D eigenvalue weighted by molar-refractivity contribution is 5.95. The molecule has 0 radical (unpaired) electrons. The summed E-state index contributed by atoms with van der Waals surface area (Å²) in [6, 6.07) is 14.1. The Morgan fingerprint density at radius 2 is 1.76 bits per heavy atom. The molecular weight excluding hydrogens is 436 g/mol. The number of ether oxygens (including phenoxy) is 2. The van der Waals surface area contributed by atoms with Crippen molar-refractivity contribution in [3.63, 3.8) is 0 Å². The van der Waals surface area contributed by atoms with E-state index in [1.54, 1.807) is 31.4 Å². The first kappa shape index (κ1) is 24.8. The molecule has 2 aromatic carbocycles. The minimum absolute atomic E-state index is 0.0301. The van der Waals surface area contributed by atoms with Gasteiger partial charge in [-0.15, -0.1) is 0 Å². The maximum Gasteiger partial charge on any atom is 0.308 e. The molecule has 1 saturated heterocycles. The standard InChI is InChI=1S/C25H30N4O5/c1-33-20-9-4-16(5-10-20)6-11-22(30)29-19-13-21(34-24(32)14-19)15-28-23(31)12-17-2-7-18(8-3-17)25(26)27/h2-5,7-10,19,21H,6,11-15H2,1H3,(H3,26,27)(H,28,31)(H,29,30)/t19-,21-/m0/s1. The lowest BCUT2D eigenvalue weighted by Crippen LogP contribution is -2.47. The van der Waals surface area contributed by atoms with Crippen molar-refractivity contribution in [3.8, 4) is 5.75 Å². The number of nitrogen functional groups attached to an aromatic ring is 1. The lowest BCUT2D eigenvalue weighted by atomic mass is 10.0. The minimum atomic E-state index is -0.503. The van der Waals surface area contributed by atoms with Crippen LogP contribution in [-0.4, -0.2) is 49.4 Å². The predicted molar refractivity (Wildman–Crippen MR) is 127 cm³/mol. The number of amidine groups is 1. The van der Waals surface area contributed by atoms with Gasteiger partial charge in [-0.1, -0.05) is 36.4 Å². The topological polar surface area (TPSA) is 144 Å². The van der Waals surface area contributed by atoms with E-state index in [2.05, 4.69) is 10.6 Å². The van der Waals surface area contributed by atoms with Gasteiger partial charge < -0.3 is 25.8 Å². The summed E-state index contributed by atoms with van der Waals surface area (Å²) in [5.41, 5.74) is 7.83. The van der Waals surface area contributed by atoms with Crippen molar-refractivity contribution in [2.24, 2.45) is 5.73 Å². The molecule has 1 heterocycles. The first-order valence-corrected chi connectivity index (χ1v) is 11.1. The third-order valence-electron chi connectivity index (χ3n) is 5.58. The molecule has 34 heavy (non-hydrogen) atoms. The normalized spacial score (nSPS) is 17.4. The Labute approximate surface area is 198 Å². The molecular formula is C25H30N4O5. The van der Waals surface area contributed by atoms with Gasteiger partial charge in [-0.3, -0.25) is 19.8 Å². The molecule has 0 unspecified atom stereocenters. The van der Waals surface area contributed by atoms with Crippen LogP contribution >= 0.6 is 0 Å². The van der Waals surface area contributed by atoms with Crippen molar-refractivity contribution in [2.45, 2.75) is 44.2 Å². The van der Waals surface area contributed by atoms with E-state index in [1.807, 2.05) is 24.3 Å². The average molecular weight is 467 g/mol. The molecule has 2 amide bonds. The van der Waals surface area contributed by atoms with Crippen molar-refractivity contribution in [1.29, 1.82) is 5.41 Å². The second kappa shape index (κ2) is 11.8. The number of carbonyl (C=O) groups excluding carboxylic acids is 3. The highest BCUT2D eigenvalue weighted by Crippen LogP contribution is 2.16. The van der Waals surface area contributed by atoms with Gasteiger partial charge in [0.1, 0.15) is 17.7 Å². The van der Waals surface area contributed by atoms with Crippen LogP contribution in [0.25, 0.3) is 0 Å².